The van der Waals surface area contributed by atoms with Crippen molar-refractivity contribution in [3.8, 4) is 34.5 Å². The molecule has 0 aliphatic rings. The smallest absolute Gasteiger partial charge is 0.460 e. The Bertz CT molecular complexity index is 3830. The minimum atomic E-state index is -8.13. The molecule has 0 spiro atoms. The minimum absolute atomic E-state index is 0.00190. The summed E-state index contributed by atoms with van der Waals surface area (Å²) in [6, 6.07) is 15.5. The summed E-state index contributed by atoms with van der Waals surface area (Å²) in [5, 5.41) is 0. The van der Waals surface area contributed by atoms with Gasteiger partial charge in [0.2, 0.25) is 5.75 Å². The monoisotopic (exact) mass is 1850 g/mol. The maximum absolute atomic E-state index is 14.4. The molecule has 4 aromatic carbocycles. The number of ether oxygens (including phenoxy) is 11. The highest BCUT2D eigenvalue weighted by Gasteiger charge is 2.93. The van der Waals surface area contributed by atoms with Gasteiger partial charge in [-0.25, -0.2) is 9.59 Å². The second kappa shape index (κ2) is 40.2. The standard InChI is InChI=1S/C70H65F39O13/c1-40(2)51(110)118-33-31-113-29-27-112-28-30-114-32-34-119-52(111)44-35-48(120-37-41-9-15-45(16-10-41)115-24-6-3-21-53(71,72)56(77,78)59(83,84)62(89,90)65(95,96)68(101,102)103)50(122-39-43-13-19-47(20-14-43)117-26-8-5-23-55(75,76)58(81,82)61(87,88)64(93,94)67(99,100)70(107,108)109)49(36-44)121-38-42-11-17-46(18-12-42)116-25-7-4-22-54(73,74)57(79,80)60(85,86)63(91,92)66(97,98)69(104,105)106/h9-20,35-36H,1,3-8,21-34,37-39H2,2H3. The van der Waals surface area contributed by atoms with Crippen molar-refractivity contribution in [2.75, 3.05) is 72.7 Å². The molecule has 0 heterocycles. The number of hydrogen-bond acceptors (Lipinski definition) is 13. The van der Waals surface area contributed by atoms with Gasteiger partial charge >= 0.3 is 119 Å². The van der Waals surface area contributed by atoms with E-state index in [9.17, 15) is 181 Å². The summed E-state index contributed by atoms with van der Waals surface area (Å²) < 4.78 is 591. The molecule has 13 nitrogen and oxygen atoms in total. The third-order valence-corrected chi connectivity index (χ3v) is 16.7. The number of rotatable bonds is 53. The highest BCUT2D eigenvalue weighted by atomic mass is 19.5. The highest BCUT2D eigenvalue weighted by molar-refractivity contribution is 5.91. The molecule has 4 aromatic rings. The second-order valence-electron chi connectivity index (χ2n) is 25.9. The van der Waals surface area contributed by atoms with Gasteiger partial charge in [-0.1, -0.05) is 43.0 Å². The van der Waals surface area contributed by atoms with Crippen LogP contribution in [0.2, 0.25) is 0 Å². The van der Waals surface area contributed by atoms with E-state index in [-0.39, 0.29) is 85.8 Å². The van der Waals surface area contributed by atoms with Crippen LogP contribution in [0.15, 0.2) is 97.1 Å². The molecule has 0 aromatic heterocycles. The first-order valence-electron chi connectivity index (χ1n) is 34.3. The topological polar surface area (TPSA) is 136 Å². The normalized spacial score (nSPS) is 14.0. The Kier molecular flexibility index (Phi) is 34.9. The van der Waals surface area contributed by atoms with E-state index in [0.29, 0.717) is 0 Å². The number of carbonyl (C=O) groups excluding carboxylic acids is 2. The van der Waals surface area contributed by atoms with E-state index in [1.54, 1.807) is 0 Å². The Balaban J connectivity index is 1.62. The van der Waals surface area contributed by atoms with Gasteiger partial charge in [0.25, 0.3) is 0 Å². The Morgan fingerprint density at radius 2 is 0.516 bits per heavy atom. The fourth-order valence-corrected chi connectivity index (χ4v) is 9.50. The lowest BCUT2D eigenvalue weighted by Crippen LogP contribution is -2.70. The number of unbranched alkanes of at least 4 members (excludes halogenated alkanes) is 3. The van der Waals surface area contributed by atoms with Gasteiger partial charge in [-0.05, 0) is 111 Å². The number of alkyl halides is 39. The van der Waals surface area contributed by atoms with Gasteiger partial charge < -0.3 is 52.1 Å². The predicted octanol–water partition coefficient (Wildman–Crippen LogP) is 22.6. The van der Waals surface area contributed by atoms with Crippen LogP contribution in [0, 0.1) is 0 Å². The lowest BCUT2D eigenvalue weighted by Gasteiger charge is -2.39. The predicted molar refractivity (Wildman–Crippen MR) is 338 cm³/mol. The van der Waals surface area contributed by atoms with Crippen molar-refractivity contribution in [1.82, 2.24) is 0 Å². The fraction of sp³-hybridized carbons (Fsp3) is 0.600. The molecule has 696 valence electrons. The van der Waals surface area contributed by atoms with Crippen molar-refractivity contribution in [3.05, 3.63) is 119 Å². The third-order valence-electron chi connectivity index (χ3n) is 16.7. The number of carbonyl (C=O) groups is 2. The zero-order valence-electron chi connectivity index (χ0n) is 61.6. The summed E-state index contributed by atoms with van der Waals surface area (Å²) in [6.45, 7) is -0.486. The van der Waals surface area contributed by atoms with Crippen LogP contribution in [0.25, 0.3) is 0 Å². The molecule has 0 radical (unpaired) electrons. The maximum atomic E-state index is 14.4. The Labute approximate surface area is 662 Å². The largest absolute Gasteiger partial charge is 0.494 e. The van der Waals surface area contributed by atoms with Gasteiger partial charge in [0.05, 0.1) is 65.0 Å². The second-order valence-corrected chi connectivity index (χ2v) is 25.9. The number of halogens is 39. The Hall–Kier alpha value is -8.49. The summed E-state index contributed by atoms with van der Waals surface area (Å²) >= 11 is 0. The number of hydrogen-bond donors (Lipinski definition) is 0. The summed E-state index contributed by atoms with van der Waals surface area (Å²) in [5.74, 6) is -118. The molecule has 0 unspecified atom stereocenters. The molecule has 0 aliphatic carbocycles. The van der Waals surface area contributed by atoms with Gasteiger partial charge in [0.1, 0.15) is 50.3 Å². The first-order valence-corrected chi connectivity index (χ1v) is 34.3. The molecule has 0 aliphatic heterocycles. The highest BCUT2D eigenvalue weighted by Crippen LogP contribution is 2.65. The van der Waals surface area contributed by atoms with Crippen LogP contribution in [0.3, 0.4) is 0 Å². The summed E-state index contributed by atoms with van der Waals surface area (Å²) in [6.07, 6.45) is -37.1. The first-order chi connectivity index (χ1) is 55.5. The van der Waals surface area contributed by atoms with Gasteiger partial charge in [-0.15, -0.1) is 0 Å². The third kappa shape index (κ3) is 23.9. The summed E-state index contributed by atoms with van der Waals surface area (Å²) in [5.41, 5.74) is -0.0300. The quantitative estimate of drug-likeness (QED) is 0.0180. The van der Waals surface area contributed by atoms with E-state index in [1.165, 1.54) is 43.3 Å². The molecular formula is C70H65F39O13. The SMILES string of the molecule is C=C(C)C(=O)OCCOCCOCCOCCOC(=O)c1cc(OCc2ccc(OCCCCC(F)(F)C(F)(F)C(F)(F)C(F)(F)C(F)(F)C(F)(F)F)cc2)c(OCc2ccc(OCCCCC(F)(F)C(F)(F)C(F)(F)C(F)(F)C(F)(F)C(F)(F)F)cc2)c(OCc2ccc(OCCCCC(F)(F)C(F)(F)C(F)(F)C(F)(F)C(F)(F)C(F)(F)F)cc2)c1. The first kappa shape index (κ1) is 106. The minimum Gasteiger partial charge on any atom is -0.494 e. The number of benzene rings is 4. The van der Waals surface area contributed by atoms with Crippen molar-refractivity contribution in [1.29, 1.82) is 0 Å². The van der Waals surface area contributed by atoms with E-state index in [2.05, 4.69) is 6.58 Å². The van der Waals surface area contributed by atoms with Gasteiger partial charge in [-0.3, -0.25) is 0 Å². The Morgan fingerprint density at radius 1 is 0.279 bits per heavy atom. The van der Waals surface area contributed by atoms with Crippen molar-refractivity contribution in [2.45, 2.75) is 192 Å². The average molecular weight is 1860 g/mol. The van der Waals surface area contributed by atoms with Crippen LogP contribution < -0.4 is 28.4 Å². The van der Waals surface area contributed by atoms with Crippen LogP contribution in [-0.2, 0) is 48.3 Å². The molecule has 0 atom stereocenters. The average Bonchev–Trinajstić information content (AvgIpc) is 0.721. The van der Waals surface area contributed by atoms with Crippen LogP contribution in [0.1, 0.15) is 91.8 Å². The molecule has 0 saturated heterocycles. The van der Waals surface area contributed by atoms with E-state index in [4.69, 9.17) is 52.1 Å². The zero-order valence-corrected chi connectivity index (χ0v) is 61.6. The van der Waals surface area contributed by atoms with Gasteiger partial charge in [0.15, 0.2) is 11.5 Å². The lowest BCUT2D eigenvalue weighted by atomic mass is 9.92. The van der Waals surface area contributed by atoms with E-state index < -0.39 is 246 Å². The van der Waals surface area contributed by atoms with Gasteiger partial charge in [0, 0.05) is 24.8 Å². The van der Waals surface area contributed by atoms with Crippen molar-refractivity contribution >= 4 is 11.9 Å². The van der Waals surface area contributed by atoms with Crippen molar-refractivity contribution < 1.29 is 233 Å². The molecule has 0 amide bonds. The molecule has 122 heavy (non-hydrogen) atoms. The van der Waals surface area contributed by atoms with E-state index in [1.807, 2.05) is 0 Å². The molecule has 0 saturated carbocycles. The van der Waals surface area contributed by atoms with Gasteiger partial charge in [-0.2, -0.15) is 171 Å². The number of esters is 2. The van der Waals surface area contributed by atoms with Crippen LogP contribution >= 0.6 is 0 Å². The Morgan fingerprint density at radius 3 is 0.770 bits per heavy atom. The molecule has 0 N–H and O–H groups in total. The fourth-order valence-electron chi connectivity index (χ4n) is 9.50. The maximum Gasteiger partial charge on any atom is 0.460 e. The zero-order chi connectivity index (χ0) is 93.4. The summed E-state index contributed by atoms with van der Waals surface area (Å²) in [7, 11) is 0. The van der Waals surface area contributed by atoms with E-state index >= 15 is 0 Å². The molecular weight excluding hydrogens is 1790 g/mol. The summed E-state index contributed by atoms with van der Waals surface area (Å²) in [4.78, 5) is 25.3. The molecule has 0 bridgehead atoms. The molecule has 4 rings (SSSR count). The van der Waals surface area contributed by atoms with Crippen molar-refractivity contribution in [3.63, 3.8) is 0 Å². The molecule has 0 fully saturated rings. The van der Waals surface area contributed by atoms with Crippen LogP contribution in [0.5, 0.6) is 34.5 Å². The lowest BCUT2D eigenvalue weighted by molar-refractivity contribution is -0.440. The van der Waals surface area contributed by atoms with Crippen LogP contribution in [0.4, 0.5) is 171 Å². The van der Waals surface area contributed by atoms with Crippen molar-refractivity contribution in [2.24, 2.45) is 0 Å². The molecule has 52 heteroatoms. The van der Waals surface area contributed by atoms with E-state index in [0.717, 1.165) is 48.5 Å². The van der Waals surface area contributed by atoms with Crippen LogP contribution in [-0.4, -0.2) is 192 Å².